The molecule has 8 nitrogen and oxygen atoms in total. The Hall–Kier alpha value is -7.32. The predicted octanol–water partition coefficient (Wildman–Crippen LogP) is 13.2. The molecule has 1 aliphatic heterocycles. The molecule has 0 atom stereocenters. The molecule has 0 radical (unpaired) electrons. The molecule has 0 saturated carbocycles. The van der Waals surface area contributed by atoms with Gasteiger partial charge in [0.05, 0.1) is 26.4 Å². The fraction of sp³-hybridized carbons (Fsp3) is 0.154. The summed E-state index contributed by atoms with van der Waals surface area (Å²) in [7, 11) is 0. The zero-order valence-electron chi connectivity index (χ0n) is 33.2. The van der Waals surface area contributed by atoms with Gasteiger partial charge in [-0.05, 0) is 69.1 Å². The van der Waals surface area contributed by atoms with Crippen molar-refractivity contribution >= 4 is 32.9 Å². The number of fused-ring (bicyclic) bond motifs is 9. The van der Waals surface area contributed by atoms with E-state index in [2.05, 4.69) is 83.0 Å². The molecule has 9 rings (SSSR count). The fourth-order valence-corrected chi connectivity index (χ4v) is 7.34. The number of rotatable bonds is 6. The van der Waals surface area contributed by atoms with Crippen LogP contribution in [0.25, 0.3) is 32.7 Å². The second-order valence-electron chi connectivity index (χ2n) is 14.4. The first kappa shape index (κ1) is 38.2. The lowest BCUT2D eigenvalue weighted by molar-refractivity contribution is 0.230. The van der Waals surface area contributed by atoms with Gasteiger partial charge in [0, 0.05) is 24.0 Å². The average molecular weight is 793 g/mol. The van der Waals surface area contributed by atoms with Gasteiger partial charge in [0.2, 0.25) is 0 Å². The number of hydrogen-bond acceptors (Lipinski definition) is 8. The summed E-state index contributed by atoms with van der Waals surface area (Å²) in [5.74, 6) is 3.74. The summed E-state index contributed by atoms with van der Waals surface area (Å²) in [5, 5.41) is 13.1. The average Bonchev–Trinajstić information content (AvgIpc) is 3.30. The molecule has 8 heteroatoms. The van der Waals surface area contributed by atoms with Crippen molar-refractivity contribution in [3.63, 3.8) is 0 Å². The van der Waals surface area contributed by atoms with E-state index in [1.54, 1.807) is 0 Å². The standard InChI is InChI=1S/C52H44N2O6/c1-3-17-37(18-4-1)35-59-47-33-39-21-7-9-23-41(39)49-50-42-24-10-8-22-40(42)34-48(60-36-38-19-5-2-6-20-38)52(50)58-32-16-30-56-46-28-14-12-26-44(46)54-53-43-25-11-13-27-45(43)55-29-15-31-57-51(47)49/h1-14,17-28,33-34H,15-16,29-32,35-36H2. The Morgan fingerprint density at radius 2 is 0.783 bits per heavy atom. The van der Waals surface area contributed by atoms with Crippen LogP contribution in [0.2, 0.25) is 0 Å². The highest BCUT2D eigenvalue weighted by Crippen LogP contribution is 2.53. The lowest BCUT2D eigenvalue weighted by Crippen LogP contribution is -2.09. The minimum atomic E-state index is 0.347. The third-order valence-electron chi connectivity index (χ3n) is 10.2. The van der Waals surface area contributed by atoms with Crippen LogP contribution in [0.5, 0.6) is 34.5 Å². The maximum atomic E-state index is 6.94. The summed E-state index contributed by atoms with van der Waals surface area (Å²) in [4.78, 5) is 0. The summed E-state index contributed by atoms with van der Waals surface area (Å²) in [6.45, 7) is 2.18. The summed E-state index contributed by atoms with van der Waals surface area (Å²) >= 11 is 0. The van der Waals surface area contributed by atoms with Gasteiger partial charge in [0.15, 0.2) is 23.0 Å². The van der Waals surface area contributed by atoms with Gasteiger partial charge >= 0.3 is 0 Å². The number of ether oxygens (including phenoxy) is 6. The molecule has 0 spiro atoms. The number of nitrogens with zero attached hydrogens (tertiary/aromatic N) is 2. The Morgan fingerprint density at radius 3 is 1.25 bits per heavy atom. The van der Waals surface area contributed by atoms with E-state index in [1.165, 1.54) is 0 Å². The largest absolute Gasteiger partial charge is 0.491 e. The smallest absolute Gasteiger partial charge is 0.169 e. The Bertz CT molecular complexity index is 2550. The normalized spacial score (nSPS) is 13.2. The van der Waals surface area contributed by atoms with Gasteiger partial charge in [-0.3, -0.25) is 0 Å². The highest BCUT2D eigenvalue weighted by atomic mass is 16.5. The molecule has 298 valence electrons. The van der Waals surface area contributed by atoms with E-state index in [1.807, 2.05) is 97.1 Å². The first-order valence-electron chi connectivity index (χ1n) is 20.3. The van der Waals surface area contributed by atoms with Crippen molar-refractivity contribution in [2.45, 2.75) is 26.1 Å². The van der Waals surface area contributed by atoms with Crippen LogP contribution in [0.4, 0.5) is 11.4 Å². The van der Waals surface area contributed by atoms with Gasteiger partial charge in [-0.2, -0.15) is 0 Å². The SMILES string of the molecule is c1ccc(COc2cc3ccccc3c3c2OCCCOc2ccccc2N=Nc2ccccc2OCCCOc2c(OCc4ccccc4)cc4ccccc4c2-3)cc1. The van der Waals surface area contributed by atoms with Gasteiger partial charge in [-0.15, -0.1) is 10.2 Å². The summed E-state index contributed by atoms with van der Waals surface area (Å²) in [6, 6.07) is 56.4. The maximum Gasteiger partial charge on any atom is 0.169 e. The van der Waals surface area contributed by atoms with Gasteiger partial charge < -0.3 is 28.4 Å². The Kier molecular flexibility index (Phi) is 11.8. The zero-order valence-corrected chi connectivity index (χ0v) is 33.2. The first-order chi connectivity index (χ1) is 29.8. The van der Waals surface area contributed by atoms with E-state index >= 15 is 0 Å². The number of benzene rings is 8. The van der Waals surface area contributed by atoms with Crippen LogP contribution in [0.1, 0.15) is 24.0 Å². The fourth-order valence-electron chi connectivity index (χ4n) is 7.34. The molecule has 0 aromatic heterocycles. The van der Waals surface area contributed by atoms with Crippen LogP contribution in [0.15, 0.2) is 180 Å². The molecule has 60 heavy (non-hydrogen) atoms. The van der Waals surface area contributed by atoms with E-state index in [-0.39, 0.29) is 0 Å². The van der Waals surface area contributed by atoms with Crippen LogP contribution in [-0.4, -0.2) is 26.4 Å². The molecule has 8 aromatic rings. The van der Waals surface area contributed by atoms with E-state index < -0.39 is 0 Å². The van der Waals surface area contributed by atoms with Gasteiger partial charge in [-0.1, -0.05) is 133 Å². The highest BCUT2D eigenvalue weighted by Gasteiger charge is 2.26. The molecule has 0 bridgehead atoms. The number of para-hydroxylation sites is 2. The van der Waals surface area contributed by atoms with E-state index in [4.69, 9.17) is 28.4 Å². The Labute approximate surface area is 349 Å². The lowest BCUT2D eigenvalue weighted by atomic mass is 9.91. The minimum Gasteiger partial charge on any atom is -0.491 e. The van der Waals surface area contributed by atoms with E-state index in [9.17, 15) is 0 Å². The zero-order chi connectivity index (χ0) is 40.4. The lowest BCUT2D eigenvalue weighted by Gasteiger charge is -2.24. The van der Waals surface area contributed by atoms with Crippen molar-refractivity contribution in [2.24, 2.45) is 10.2 Å². The third-order valence-corrected chi connectivity index (χ3v) is 10.2. The van der Waals surface area contributed by atoms with Crippen molar-refractivity contribution in [3.8, 4) is 45.6 Å². The molecule has 0 saturated heterocycles. The second kappa shape index (κ2) is 18.5. The molecule has 8 aromatic carbocycles. The highest BCUT2D eigenvalue weighted by molar-refractivity contribution is 6.11. The Morgan fingerprint density at radius 1 is 0.400 bits per heavy atom. The topological polar surface area (TPSA) is 80.1 Å². The van der Waals surface area contributed by atoms with Crippen LogP contribution < -0.4 is 28.4 Å². The van der Waals surface area contributed by atoms with Crippen molar-refractivity contribution in [2.75, 3.05) is 26.4 Å². The van der Waals surface area contributed by atoms with E-state index in [0.29, 0.717) is 98.4 Å². The summed E-state index contributed by atoms with van der Waals surface area (Å²) in [5.41, 5.74) is 5.06. The van der Waals surface area contributed by atoms with Gasteiger partial charge in [-0.25, -0.2) is 0 Å². The minimum absolute atomic E-state index is 0.347. The molecule has 0 unspecified atom stereocenters. The van der Waals surface area contributed by atoms with Crippen LogP contribution in [0, 0.1) is 0 Å². The molecule has 0 aliphatic carbocycles. The first-order valence-corrected chi connectivity index (χ1v) is 20.3. The quantitative estimate of drug-likeness (QED) is 0.167. The van der Waals surface area contributed by atoms with Crippen molar-refractivity contribution in [1.29, 1.82) is 0 Å². The maximum absolute atomic E-state index is 6.94. The van der Waals surface area contributed by atoms with Crippen LogP contribution in [0.3, 0.4) is 0 Å². The Balaban J connectivity index is 1.20. The van der Waals surface area contributed by atoms with Crippen LogP contribution >= 0.6 is 0 Å². The summed E-state index contributed by atoms with van der Waals surface area (Å²) in [6.07, 6.45) is 1.16. The van der Waals surface area contributed by atoms with Crippen molar-refractivity contribution < 1.29 is 28.4 Å². The van der Waals surface area contributed by atoms with Gasteiger partial charge in [0.1, 0.15) is 36.1 Å². The molecular weight excluding hydrogens is 749 g/mol. The molecule has 0 fully saturated rings. The molecule has 0 N–H and O–H groups in total. The van der Waals surface area contributed by atoms with Crippen LogP contribution in [-0.2, 0) is 13.2 Å². The summed E-state index contributed by atoms with van der Waals surface area (Å²) < 4.78 is 40.0. The van der Waals surface area contributed by atoms with Gasteiger partial charge in [0.25, 0.3) is 0 Å². The second-order valence-corrected chi connectivity index (χ2v) is 14.4. The third kappa shape index (κ3) is 8.73. The molecule has 1 aliphatic rings. The van der Waals surface area contributed by atoms with E-state index in [0.717, 1.165) is 43.8 Å². The van der Waals surface area contributed by atoms with Crippen molar-refractivity contribution in [1.82, 2.24) is 0 Å². The molecular formula is C52H44N2O6. The monoisotopic (exact) mass is 792 g/mol. The predicted molar refractivity (Wildman–Crippen MR) is 237 cm³/mol. The molecule has 0 amide bonds. The molecule has 1 heterocycles. The number of azo groups is 1. The number of hydrogen-bond donors (Lipinski definition) is 0. The van der Waals surface area contributed by atoms with Crippen molar-refractivity contribution in [3.05, 3.63) is 181 Å².